The van der Waals surface area contributed by atoms with Crippen molar-refractivity contribution in [3.63, 3.8) is 0 Å². The number of hydrogen-bond acceptors (Lipinski definition) is 3. The lowest BCUT2D eigenvalue weighted by Crippen LogP contribution is -2.35. The maximum Gasteiger partial charge on any atom is 0.258 e. The van der Waals surface area contributed by atoms with E-state index in [1.807, 2.05) is 45.2 Å². The lowest BCUT2D eigenvalue weighted by atomic mass is 10.1. The highest BCUT2D eigenvalue weighted by Gasteiger charge is 2.08. The highest BCUT2D eigenvalue weighted by Crippen LogP contribution is 2.19. The molecule has 112 valence electrons. The second-order valence-corrected chi connectivity index (χ2v) is 4.98. The summed E-state index contributed by atoms with van der Waals surface area (Å²) in [5.41, 5.74) is 1.23. The monoisotopic (exact) mass is 278 g/mol. The van der Waals surface area contributed by atoms with Crippen LogP contribution in [0.5, 0.6) is 5.75 Å². The maximum absolute atomic E-state index is 11.6. The van der Waals surface area contributed by atoms with Gasteiger partial charge in [0, 0.05) is 12.1 Å². The Balaban J connectivity index is 2.47. The van der Waals surface area contributed by atoms with Gasteiger partial charge in [0.2, 0.25) is 0 Å². The van der Waals surface area contributed by atoms with E-state index in [1.54, 1.807) is 0 Å². The summed E-state index contributed by atoms with van der Waals surface area (Å²) in [4.78, 5) is 11.6. The summed E-state index contributed by atoms with van der Waals surface area (Å²) in [7, 11) is 1.96. The zero-order chi connectivity index (χ0) is 15.0. The van der Waals surface area contributed by atoms with Gasteiger partial charge < -0.3 is 15.4 Å². The average molecular weight is 278 g/mol. The minimum absolute atomic E-state index is 0.0624. The molecule has 0 heterocycles. The van der Waals surface area contributed by atoms with Gasteiger partial charge in [-0.05, 0) is 44.5 Å². The van der Waals surface area contributed by atoms with Crippen LogP contribution in [0.2, 0.25) is 0 Å². The molecular formula is C16H26N2O2. The predicted octanol–water partition coefficient (Wildman–Crippen LogP) is 2.65. The highest BCUT2D eigenvalue weighted by molar-refractivity contribution is 5.77. The first kappa shape index (κ1) is 16.5. The van der Waals surface area contributed by atoms with Crippen LogP contribution in [0.3, 0.4) is 0 Å². The molecule has 2 unspecified atom stereocenters. The number of carbonyl (C=O) groups is 1. The topological polar surface area (TPSA) is 50.4 Å². The molecule has 20 heavy (non-hydrogen) atoms. The largest absolute Gasteiger partial charge is 0.484 e. The third-order valence-corrected chi connectivity index (χ3v) is 3.43. The van der Waals surface area contributed by atoms with E-state index < -0.39 is 0 Å². The molecule has 1 aromatic carbocycles. The van der Waals surface area contributed by atoms with Gasteiger partial charge in [0.25, 0.3) is 5.91 Å². The summed E-state index contributed by atoms with van der Waals surface area (Å²) in [6.45, 7) is 6.23. The van der Waals surface area contributed by atoms with Crippen molar-refractivity contribution in [1.82, 2.24) is 10.6 Å². The van der Waals surface area contributed by atoms with Gasteiger partial charge in [-0.2, -0.15) is 0 Å². The van der Waals surface area contributed by atoms with Crippen molar-refractivity contribution in [1.29, 1.82) is 0 Å². The summed E-state index contributed by atoms with van der Waals surface area (Å²) in [6, 6.07) is 8.43. The van der Waals surface area contributed by atoms with Gasteiger partial charge in [0.15, 0.2) is 6.61 Å². The fourth-order valence-corrected chi connectivity index (χ4v) is 1.97. The molecule has 0 aliphatic heterocycles. The third kappa shape index (κ3) is 5.21. The smallest absolute Gasteiger partial charge is 0.258 e. The maximum atomic E-state index is 11.6. The van der Waals surface area contributed by atoms with E-state index in [4.69, 9.17) is 4.74 Å². The van der Waals surface area contributed by atoms with Gasteiger partial charge in [-0.25, -0.2) is 0 Å². The zero-order valence-electron chi connectivity index (χ0n) is 12.9. The molecule has 0 aliphatic carbocycles. The highest BCUT2D eigenvalue weighted by atomic mass is 16.5. The molecule has 0 aromatic heterocycles. The van der Waals surface area contributed by atoms with Gasteiger partial charge in [0.05, 0.1) is 0 Å². The molecule has 0 saturated heterocycles. The molecule has 1 aromatic rings. The molecule has 0 aliphatic rings. The van der Waals surface area contributed by atoms with E-state index in [0.717, 1.165) is 18.6 Å². The van der Waals surface area contributed by atoms with E-state index in [-0.39, 0.29) is 18.6 Å². The standard InChI is InChI=1S/C16H26N2O2/c1-5-12(3)18-16(19)11-20-14-9-7-13(8-10-14)15(6-2)17-4/h7-10,12,15,17H,5-6,11H2,1-4H3,(H,18,19). The van der Waals surface area contributed by atoms with Crippen LogP contribution in [0.25, 0.3) is 0 Å². The quantitative estimate of drug-likeness (QED) is 0.768. The van der Waals surface area contributed by atoms with Crippen LogP contribution in [0, 0.1) is 0 Å². The lowest BCUT2D eigenvalue weighted by Gasteiger charge is -2.15. The minimum atomic E-state index is -0.0786. The molecule has 0 saturated carbocycles. The second kappa shape index (κ2) is 8.59. The Morgan fingerprint density at radius 3 is 2.35 bits per heavy atom. The number of amides is 1. The van der Waals surface area contributed by atoms with Crippen molar-refractivity contribution in [2.45, 2.75) is 45.7 Å². The predicted molar refractivity (Wildman–Crippen MR) is 81.9 cm³/mol. The summed E-state index contributed by atoms with van der Waals surface area (Å²) in [5, 5.41) is 6.13. The number of nitrogens with one attached hydrogen (secondary N) is 2. The molecule has 0 fully saturated rings. The van der Waals surface area contributed by atoms with Crippen molar-refractivity contribution in [3.05, 3.63) is 29.8 Å². The van der Waals surface area contributed by atoms with Crippen LogP contribution in [-0.4, -0.2) is 25.6 Å². The van der Waals surface area contributed by atoms with Crippen LogP contribution in [0.4, 0.5) is 0 Å². The number of carbonyl (C=O) groups excluding carboxylic acids is 1. The van der Waals surface area contributed by atoms with Crippen LogP contribution >= 0.6 is 0 Å². The molecule has 2 atom stereocenters. The first-order chi connectivity index (χ1) is 9.60. The van der Waals surface area contributed by atoms with E-state index in [2.05, 4.69) is 17.6 Å². The average Bonchev–Trinajstić information content (AvgIpc) is 2.47. The van der Waals surface area contributed by atoms with Gasteiger partial charge in [-0.3, -0.25) is 4.79 Å². The fourth-order valence-electron chi connectivity index (χ4n) is 1.97. The van der Waals surface area contributed by atoms with Gasteiger partial charge in [0.1, 0.15) is 5.75 Å². The van der Waals surface area contributed by atoms with Gasteiger partial charge >= 0.3 is 0 Å². The van der Waals surface area contributed by atoms with Crippen LogP contribution < -0.4 is 15.4 Å². The normalized spacial score (nSPS) is 13.6. The molecule has 0 spiro atoms. The van der Waals surface area contributed by atoms with Crippen LogP contribution in [-0.2, 0) is 4.79 Å². The van der Waals surface area contributed by atoms with Crippen molar-refractivity contribution >= 4 is 5.91 Å². The summed E-state index contributed by atoms with van der Waals surface area (Å²) >= 11 is 0. The Kier molecular flexibility index (Phi) is 7.09. The van der Waals surface area contributed by atoms with Crippen molar-refractivity contribution in [3.8, 4) is 5.75 Å². The number of ether oxygens (including phenoxy) is 1. The first-order valence-electron chi connectivity index (χ1n) is 7.30. The molecule has 0 radical (unpaired) electrons. The number of hydrogen-bond donors (Lipinski definition) is 2. The Hall–Kier alpha value is -1.55. The number of benzene rings is 1. The Morgan fingerprint density at radius 1 is 1.20 bits per heavy atom. The molecule has 4 nitrogen and oxygen atoms in total. The number of rotatable bonds is 8. The molecule has 2 N–H and O–H groups in total. The Labute approximate surface area is 121 Å². The van der Waals surface area contributed by atoms with E-state index in [9.17, 15) is 4.79 Å². The Morgan fingerprint density at radius 2 is 1.85 bits per heavy atom. The minimum Gasteiger partial charge on any atom is -0.484 e. The van der Waals surface area contributed by atoms with E-state index in [0.29, 0.717) is 6.04 Å². The lowest BCUT2D eigenvalue weighted by molar-refractivity contribution is -0.123. The summed E-state index contributed by atoms with van der Waals surface area (Å²) < 4.78 is 5.48. The van der Waals surface area contributed by atoms with Crippen LogP contribution in [0.15, 0.2) is 24.3 Å². The molecule has 4 heteroatoms. The van der Waals surface area contributed by atoms with Crippen molar-refractivity contribution < 1.29 is 9.53 Å². The zero-order valence-corrected chi connectivity index (χ0v) is 12.9. The fraction of sp³-hybridized carbons (Fsp3) is 0.562. The molecular weight excluding hydrogens is 252 g/mol. The summed E-state index contributed by atoms with van der Waals surface area (Å²) in [5.74, 6) is 0.643. The van der Waals surface area contributed by atoms with E-state index in [1.165, 1.54) is 5.56 Å². The van der Waals surface area contributed by atoms with Crippen molar-refractivity contribution in [2.75, 3.05) is 13.7 Å². The second-order valence-electron chi connectivity index (χ2n) is 4.98. The first-order valence-corrected chi connectivity index (χ1v) is 7.30. The summed E-state index contributed by atoms with van der Waals surface area (Å²) in [6.07, 6.45) is 1.96. The van der Waals surface area contributed by atoms with E-state index >= 15 is 0 Å². The van der Waals surface area contributed by atoms with Gasteiger partial charge in [-0.1, -0.05) is 26.0 Å². The molecule has 1 rings (SSSR count). The third-order valence-electron chi connectivity index (χ3n) is 3.43. The SMILES string of the molecule is CCC(C)NC(=O)COc1ccc(C(CC)NC)cc1. The van der Waals surface area contributed by atoms with Crippen molar-refractivity contribution in [2.24, 2.45) is 0 Å². The molecule has 1 amide bonds. The van der Waals surface area contributed by atoms with Gasteiger partial charge in [-0.15, -0.1) is 0 Å². The van der Waals surface area contributed by atoms with Crippen LogP contribution in [0.1, 0.15) is 45.2 Å². The molecule has 0 bridgehead atoms. The Bertz CT molecular complexity index is 399.